The van der Waals surface area contributed by atoms with E-state index in [9.17, 15) is 9.59 Å². The minimum atomic E-state index is -0.244. The lowest BCUT2D eigenvalue weighted by Gasteiger charge is -2.08. The van der Waals surface area contributed by atoms with Crippen LogP contribution in [-0.2, 0) is 19.1 Å². The Kier molecular flexibility index (Phi) is 10.9. The highest BCUT2D eigenvalue weighted by Gasteiger charge is 2.32. The predicted molar refractivity (Wildman–Crippen MR) is 93.4 cm³/mol. The fraction of sp³-hybridized carbons (Fsp3) is 0.867. The largest absolute Gasteiger partial charge is 0.377 e. The van der Waals surface area contributed by atoms with Gasteiger partial charge in [-0.05, 0) is 31.7 Å². The van der Waals surface area contributed by atoms with Crippen molar-refractivity contribution >= 4 is 11.8 Å². The molecule has 0 aromatic carbocycles. The van der Waals surface area contributed by atoms with E-state index in [4.69, 9.17) is 15.0 Å². The number of nitrogens with zero attached hydrogens (tertiary/aromatic N) is 5. The van der Waals surface area contributed by atoms with Crippen molar-refractivity contribution in [2.75, 3.05) is 46.1 Å². The third kappa shape index (κ3) is 12.2. The van der Waals surface area contributed by atoms with Crippen LogP contribution in [0.3, 0.4) is 0 Å². The van der Waals surface area contributed by atoms with E-state index in [1.165, 1.54) is 0 Å². The van der Waals surface area contributed by atoms with Crippen LogP contribution in [0.4, 0.5) is 0 Å². The molecule has 0 aliphatic carbocycles. The third-order valence-electron chi connectivity index (χ3n) is 3.49. The molecule has 146 valence electrons. The maximum atomic E-state index is 11.6. The summed E-state index contributed by atoms with van der Waals surface area (Å²) in [4.78, 5) is 25.6. The zero-order valence-corrected chi connectivity index (χ0v) is 15.1. The molecule has 11 nitrogen and oxygen atoms in total. The summed E-state index contributed by atoms with van der Waals surface area (Å²) in [6, 6.07) is 0. The van der Waals surface area contributed by atoms with Gasteiger partial charge in [0.2, 0.25) is 11.8 Å². The van der Waals surface area contributed by atoms with Crippen LogP contribution in [0.1, 0.15) is 32.6 Å². The number of hydrogen-bond acceptors (Lipinski definition) is 7. The molecule has 0 unspecified atom stereocenters. The first-order valence-electron chi connectivity index (χ1n) is 8.69. The minimum absolute atomic E-state index is 0.00812. The Labute approximate surface area is 152 Å². The van der Waals surface area contributed by atoms with Gasteiger partial charge >= 0.3 is 0 Å². The minimum Gasteiger partial charge on any atom is -0.377 e. The molecule has 0 atom stereocenters. The Morgan fingerprint density at radius 2 is 1.81 bits per heavy atom. The molecular weight excluding hydrogens is 342 g/mol. The third-order valence-corrected chi connectivity index (χ3v) is 3.49. The van der Waals surface area contributed by atoms with Gasteiger partial charge in [-0.1, -0.05) is 5.11 Å². The lowest BCUT2D eigenvalue weighted by atomic mass is 10.1. The van der Waals surface area contributed by atoms with Crippen molar-refractivity contribution in [2.24, 2.45) is 15.3 Å². The highest BCUT2D eigenvalue weighted by Crippen LogP contribution is 2.32. The number of rotatable bonds is 16. The van der Waals surface area contributed by atoms with Crippen LogP contribution in [0.25, 0.3) is 10.4 Å². The number of amides is 2. The highest BCUT2D eigenvalue weighted by atomic mass is 16.5. The fourth-order valence-electron chi connectivity index (χ4n) is 1.98. The second-order valence-electron chi connectivity index (χ2n) is 5.94. The van der Waals surface area contributed by atoms with E-state index in [1.807, 2.05) is 6.92 Å². The molecule has 2 amide bonds. The maximum Gasteiger partial charge on any atom is 0.245 e. The smallest absolute Gasteiger partial charge is 0.245 e. The van der Waals surface area contributed by atoms with Gasteiger partial charge in [-0.25, -0.2) is 0 Å². The maximum absolute atomic E-state index is 11.6. The van der Waals surface area contributed by atoms with E-state index in [0.717, 1.165) is 12.8 Å². The summed E-state index contributed by atoms with van der Waals surface area (Å²) < 4.78 is 10.5. The first kappa shape index (κ1) is 21.8. The lowest BCUT2D eigenvalue weighted by Crippen LogP contribution is -2.29. The van der Waals surface area contributed by atoms with Gasteiger partial charge in [0.05, 0.1) is 19.8 Å². The predicted octanol–water partition coefficient (Wildman–Crippen LogP) is 1.30. The molecule has 26 heavy (non-hydrogen) atoms. The first-order chi connectivity index (χ1) is 12.6. The number of carbonyl (C=O) groups is 2. The monoisotopic (exact) mass is 369 g/mol. The van der Waals surface area contributed by atoms with Gasteiger partial charge in [-0.3, -0.25) is 9.59 Å². The Hall–Kier alpha value is -2.23. The van der Waals surface area contributed by atoms with Crippen LogP contribution in [0, 0.1) is 0 Å². The van der Waals surface area contributed by atoms with E-state index in [-0.39, 0.29) is 24.1 Å². The van der Waals surface area contributed by atoms with Crippen LogP contribution in [0.2, 0.25) is 0 Å². The van der Waals surface area contributed by atoms with Gasteiger partial charge in [0, 0.05) is 31.0 Å². The topological polar surface area (TPSA) is 150 Å². The summed E-state index contributed by atoms with van der Waals surface area (Å²) >= 11 is 0. The van der Waals surface area contributed by atoms with Crippen LogP contribution in [0.5, 0.6) is 0 Å². The molecule has 1 aliphatic heterocycles. The van der Waals surface area contributed by atoms with Gasteiger partial charge in [-0.15, -0.1) is 0 Å². The molecule has 1 heterocycles. The second-order valence-corrected chi connectivity index (χ2v) is 5.94. The molecule has 0 spiro atoms. The van der Waals surface area contributed by atoms with Gasteiger partial charge in [0.25, 0.3) is 0 Å². The molecule has 0 radical (unpaired) electrons. The SMILES string of the molecule is CC1(CCCC(=O)NCCOCCOCC(=O)NCCCN=[N+]=[N-])N=N1. The molecular formula is C15H27N7O4. The van der Waals surface area contributed by atoms with Crippen molar-refractivity contribution in [1.82, 2.24) is 10.6 Å². The van der Waals surface area contributed by atoms with Crippen LogP contribution < -0.4 is 10.6 Å². The summed E-state index contributed by atoms with van der Waals surface area (Å²) in [6.45, 7) is 4.18. The Morgan fingerprint density at radius 1 is 1.08 bits per heavy atom. The second kappa shape index (κ2) is 13.0. The van der Waals surface area contributed by atoms with Crippen molar-refractivity contribution in [1.29, 1.82) is 0 Å². The fourth-order valence-corrected chi connectivity index (χ4v) is 1.98. The number of ether oxygens (including phenoxy) is 2. The Balaban J connectivity index is 1.80. The normalized spacial score (nSPS) is 13.7. The molecule has 0 aromatic rings. The van der Waals surface area contributed by atoms with E-state index < -0.39 is 0 Å². The molecule has 0 fully saturated rings. The van der Waals surface area contributed by atoms with Crippen LogP contribution in [0.15, 0.2) is 15.3 Å². The molecule has 2 N–H and O–H groups in total. The first-order valence-corrected chi connectivity index (χ1v) is 8.69. The molecule has 1 aliphatic rings. The number of azide groups is 1. The van der Waals surface area contributed by atoms with Gasteiger partial charge < -0.3 is 20.1 Å². The van der Waals surface area contributed by atoms with E-state index in [0.29, 0.717) is 52.3 Å². The number of carbonyl (C=O) groups excluding carboxylic acids is 2. The van der Waals surface area contributed by atoms with Crippen molar-refractivity contribution in [3.05, 3.63) is 10.4 Å². The van der Waals surface area contributed by atoms with Crippen LogP contribution in [-0.4, -0.2) is 63.5 Å². The summed E-state index contributed by atoms with van der Waals surface area (Å²) in [5, 5.41) is 16.6. The van der Waals surface area contributed by atoms with Gasteiger partial charge in [0.1, 0.15) is 6.61 Å². The standard InChI is InChI=1S/C15H27N7O4/c1-15(20-21-15)5-2-4-13(23)18-8-9-25-10-11-26-12-14(24)17-6-3-7-19-22-16/h2-12H2,1H3,(H,17,24)(H,18,23). The molecule has 0 saturated carbocycles. The zero-order valence-electron chi connectivity index (χ0n) is 15.1. The van der Waals surface area contributed by atoms with E-state index in [2.05, 4.69) is 30.9 Å². The molecule has 0 aromatic heterocycles. The summed E-state index contributed by atoms with van der Waals surface area (Å²) in [5.41, 5.74) is 7.85. The van der Waals surface area contributed by atoms with Gasteiger partial charge in [0.15, 0.2) is 5.66 Å². The van der Waals surface area contributed by atoms with E-state index in [1.54, 1.807) is 0 Å². The average Bonchev–Trinajstić information content (AvgIpc) is 3.34. The molecule has 0 bridgehead atoms. The summed E-state index contributed by atoms with van der Waals surface area (Å²) in [6.07, 6.45) is 2.61. The summed E-state index contributed by atoms with van der Waals surface area (Å²) in [5.74, 6) is -0.231. The quantitative estimate of drug-likeness (QED) is 0.182. The van der Waals surface area contributed by atoms with Gasteiger partial charge in [-0.2, -0.15) is 10.2 Å². The van der Waals surface area contributed by atoms with Crippen molar-refractivity contribution < 1.29 is 19.1 Å². The Morgan fingerprint density at radius 3 is 2.54 bits per heavy atom. The highest BCUT2D eigenvalue weighted by molar-refractivity contribution is 5.77. The van der Waals surface area contributed by atoms with Crippen LogP contribution >= 0.6 is 0 Å². The van der Waals surface area contributed by atoms with Crippen molar-refractivity contribution in [3.8, 4) is 0 Å². The molecule has 0 saturated heterocycles. The zero-order chi connectivity index (χ0) is 19.1. The molecule has 11 heteroatoms. The lowest BCUT2D eigenvalue weighted by molar-refractivity contribution is -0.126. The number of hydrogen-bond donors (Lipinski definition) is 2. The molecule has 1 rings (SSSR count). The number of nitrogens with one attached hydrogen (secondary N) is 2. The Bertz CT molecular complexity index is 514. The van der Waals surface area contributed by atoms with Crippen molar-refractivity contribution in [3.63, 3.8) is 0 Å². The summed E-state index contributed by atoms with van der Waals surface area (Å²) in [7, 11) is 0. The van der Waals surface area contributed by atoms with E-state index >= 15 is 0 Å². The average molecular weight is 369 g/mol. The van der Waals surface area contributed by atoms with Crippen molar-refractivity contribution in [2.45, 2.75) is 38.3 Å².